The molecule has 0 unspecified atom stereocenters. The molecule has 1 aromatic heterocycles. The van der Waals surface area contributed by atoms with Gasteiger partial charge < -0.3 is 11.6 Å². The molecule has 4 N–H and O–H groups in total. The van der Waals surface area contributed by atoms with Gasteiger partial charge in [-0.05, 0) is 6.42 Å². The van der Waals surface area contributed by atoms with E-state index in [-0.39, 0.29) is 11.5 Å². The number of hydrogen-bond donors (Lipinski definition) is 2. The van der Waals surface area contributed by atoms with Crippen LogP contribution in [0.15, 0.2) is 4.79 Å². The van der Waals surface area contributed by atoms with E-state index in [1.807, 2.05) is 6.92 Å². The Bertz CT molecular complexity index is 331. The fraction of sp³-hybridized carbons (Fsp3) is 0.500. The van der Waals surface area contributed by atoms with Crippen LogP contribution in [0, 0.1) is 0 Å². The summed E-state index contributed by atoms with van der Waals surface area (Å²) >= 11 is 0. The molecule has 66 valence electrons. The summed E-state index contributed by atoms with van der Waals surface area (Å²) in [6, 6.07) is 0. The summed E-state index contributed by atoms with van der Waals surface area (Å²) in [5, 5.41) is 7.16. The lowest BCUT2D eigenvalue weighted by Crippen LogP contribution is -2.34. The van der Waals surface area contributed by atoms with Crippen molar-refractivity contribution < 1.29 is 0 Å². The summed E-state index contributed by atoms with van der Waals surface area (Å²) in [5.41, 5.74) is 5.23. The van der Waals surface area contributed by atoms with Crippen LogP contribution in [0.4, 0.5) is 5.95 Å². The summed E-state index contributed by atoms with van der Waals surface area (Å²) in [7, 11) is 0. The van der Waals surface area contributed by atoms with Gasteiger partial charge in [-0.2, -0.15) is 4.68 Å². The molecule has 0 atom stereocenters. The van der Waals surface area contributed by atoms with E-state index in [0.29, 0.717) is 12.1 Å². The highest BCUT2D eigenvalue weighted by Gasteiger charge is 2.05. The summed E-state index contributed by atoms with van der Waals surface area (Å²) in [6.07, 6.45) is 1.40. The lowest BCUT2D eigenvalue weighted by atomic mass is 10.3. The Morgan fingerprint density at radius 1 is 1.50 bits per heavy atom. The number of anilines is 1. The van der Waals surface area contributed by atoms with Gasteiger partial charge in [0, 0.05) is 0 Å². The van der Waals surface area contributed by atoms with Gasteiger partial charge in [0.1, 0.15) is 5.69 Å². The number of nitrogen functional groups attached to an aromatic ring is 2. The van der Waals surface area contributed by atoms with Crippen molar-refractivity contribution in [2.24, 2.45) is 0 Å². The molecule has 0 spiro atoms. The van der Waals surface area contributed by atoms with E-state index < -0.39 is 0 Å². The summed E-state index contributed by atoms with van der Waals surface area (Å²) in [6.45, 7) is 1.94. The fourth-order valence-corrected chi connectivity index (χ4v) is 0.839. The predicted octanol–water partition coefficient (Wildman–Crippen LogP) is -1.11. The van der Waals surface area contributed by atoms with E-state index in [4.69, 9.17) is 11.6 Å². The van der Waals surface area contributed by atoms with E-state index in [2.05, 4.69) is 10.2 Å². The van der Waals surface area contributed by atoms with Crippen LogP contribution in [0.5, 0.6) is 0 Å². The van der Waals surface area contributed by atoms with Gasteiger partial charge in [0.15, 0.2) is 0 Å². The number of nitrogens with zero attached hydrogens (tertiary/aromatic N) is 3. The Balaban J connectivity index is 3.18. The third kappa shape index (κ3) is 1.36. The van der Waals surface area contributed by atoms with Crippen molar-refractivity contribution in [3.05, 3.63) is 16.0 Å². The first-order valence-electron chi connectivity index (χ1n) is 3.66. The molecule has 0 saturated carbocycles. The normalized spacial score (nSPS) is 10.1. The maximum absolute atomic E-state index is 11.2. The van der Waals surface area contributed by atoms with E-state index in [1.165, 1.54) is 0 Å². The molecule has 0 saturated heterocycles. The van der Waals surface area contributed by atoms with E-state index in [1.54, 1.807) is 0 Å². The first-order valence-corrected chi connectivity index (χ1v) is 3.66. The van der Waals surface area contributed by atoms with Gasteiger partial charge in [-0.1, -0.05) is 13.3 Å². The molecule has 0 amide bonds. The largest absolute Gasteiger partial charge is 0.366 e. The molecule has 6 heteroatoms. The van der Waals surface area contributed by atoms with Crippen LogP contribution in [-0.4, -0.2) is 14.9 Å². The minimum absolute atomic E-state index is 0.0696. The highest BCUT2D eigenvalue weighted by Crippen LogP contribution is 1.91. The van der Waals surface area contributed by atoms with Crippen LogP contribution in [0.25, 0.3) is 0 Å². The zero-order valence-corrected chi connectivity index (χ0v) is 6.82. The molecule has 0 aromatic carbocycles. The minimum Gasteiger partial charge on any atom is -0.366 e. The van der Waals surface area contributed by atoms with Crippen LogP contribution in [0.3, 0.4) is 0 Å². The van der Waals surface area contributed by atoms with Crippen LogP contribution in [0.1, 0.15) is 19.0 Å². The third-order valence-corrected chi connectivity index (χ3v) is 1.47. The SMILES string of the molecule is CCCc1nnc(N)n(N)c1=O. The Morgan fingerprint density at radius 3 is 2.75 bits per heavy atom. The average Bonchev–Trinajstić information content (AvgIpc) is 2.07. The number of rotatable bonds is 2. The Hall–Kier alpha value is -1.59. The summed E-state index contributed by atoms with van der Waals surface area (Å²) < 4.78 is 0.804. The molecule has 1 rings (SSSR count). The lowest BCUT2D eigenvalue weighted by molar-refractivity contribution is 0.754. The van der Waals surface area contributed by atoms with Crippen molar-refractivity contribution in [1.82, 2.24) is 14.9 Å². The summed E-state index contributed by atoms with van der Waals surface area (Å²) in [5.74, 6) is 5.22. The fourth-order valence-electron chi connectivity index (χ4n) is 0.839. The van der Waals surface area contributed by atoms with E-state index >= 15 is 0 Å². The second kappa shape index (κ2) is 3.21. The van der Waals surface area contributed by atoms with Crippen molar-refractivity contribution in [3.8, 4) is 0 Å². The molecule has 1 heterocycles. The second-order valence-electron chi connectivity index (χ2n) is 2.43. The number of aryl methyl sites for hydroxylation is 1. The first kappa shape index (κ1) is 8.51. The molecular formula is C6H11N5O. The second-order valence-corrected chi connectivity index (χ2v) is 2.43. The van der Waals surface area contributed by atoms with Crippen LogP contribution in [-0.2, 0) is 6.42 Å². The summed E-state index contributed by atoms with van der Waals surface area (Å²) in [4.78, 5) is 11.2. The number of nitrogens with two attached hydrogens (primary N) is 2. The molecule has 12 heavy (non-hydrogen) atoms. The van der Waals surface area contributed by atoms with Gasteiger partial charge in [-0.25, -0.2) is 0 Å². The molecule has 0 radical (unpaired) electrons. The van der Waals surface area contributed by atoms with Crippen molar-refractivity contribution in [1.29, 1.82) is 0 Å². The molecule has 0 bridgehead atoms. The maximum atomic E-state index is 11.2. The maximum Gasteiger partial charge on any atom is 0.295 e. The van der Waals surface area contributed by atoms with Gasteiger partial charge in [-0.15, -0.1) is 10.2 Å². The molecule has 0 aliphatic heterocycles. The Labute approximate surface area is 69.2 Å². The molecule has 0 fully saturated rings. The Morgan fingerprint density at radius 2 is 2.17 bits per heavy atom. The molecule has 0 aliphatic rings. The van der Waals surface area contributed by atoms with Gasteiger partial charge in [-0.3, -0.25) is 4.79 Å². The van der Waals surface area contributed by atoms with E-state index in [9.17, 15) is 4.79 Å². The van der Waals surface area contributed by atoms with Gasteiger partial charge in [0.05, 0.1) is 0 Å². The Kier molecular flexibility index (Phi) is 2.27. The monoisotopic (exact) mass is 169 g/mol. The molecule has 6 nitrogen and oxygen atoms in total. The van der Waals surface area contributed by atoms with Crippen LogP contribution < -0.4 is 17.1 Å². The topological polar surface area (TPSA) is 99.8 Å². The van der Waals surface area contributed by atoms with E-state index in [0.717, 1.165) is 11.1 Å². The predicted molar refractivity (Wildman–Crippen MR) is 44.8 cm³/mol. The van der Waals surface area contributed by atoms with Crippen molar-refractivity contribution in [2.75, 3.05) is 11.6 Å². The van der Waals surface area contributed by atoms with Gasteiger partial charge in [0.2, 0.25) is 5.95 Å². The quantitative estimate of drug-likeness (QED) is 0.546. The van der Waals surface area contributed by atoms with Crippen molar-refractivity contribution >= 4 is 5.95 Å². The molecule has 0 aliphatic carbocycles. The molecule has 1 aromatic rings. The zero-order valence-electron chi connectivity index (χ0n) is 6.82. The third-order valence-electron chi connectivity index (χ3n) is 1.47. The average molecular weight is 169 g/mol. The number of hydrogen-bond acceptors (Lipinski definition) is 5. The van der Waals surface area contributed by atoms with Gasteiger partial charge in [0.25, 0.3) is 5.56 Å². The number of aromatic nitrogens is 3. The lowest BCUT2D eigenvalue weighted by Gasteiger charge is -2.01. The van der Waals surface area contributed by atoms with Crippen LogP contribution >= 0.6 is 0 Å². The minimum atomic E-state index is -0.371. The smallest absolute Gasteiger partial charge is 0.295 e. The zero-order chi connectivity index (χ0) is 9.14. The highest BCUT2D eigenvalue weighted by molar-refractivity contribution is 5.15. The standard InChI is InChI=1S/C6H11N5O/c1-2-3-4-5(12)11(8)6(7)10-9-4/h2-3,8H2,1H3,(H2,7,10). The van der Waals surface area contributed by atoms with Crippen LogP contribution in [0.2, 0.25) is 0 Å². The van der Waals surface area contributed by atoms with Crippen molar-refractivity contribution in [3.63, 3.8) is 0 Å². The molecular weight excluding hydrogens is 158 g/mol. The van der Waals surface area contributed by atoms with Gasteiger partial charge >= 0.3 is 0 Å². The first-order chi connectivity index (χ1) is 5.66. The van der Waals surface area contributed by atoms with Crippen molar-refractivity contribution in [2.45, 2.75) is 19.8 Å². The highest BCUT2D eigenvalue weighted by atomic mass is 16.1.